The highest BCUT2D eigenvalue weighted by Crippen LogP contribution is 2.40. The van der Waals surface area contributed by atoms with Crippen molar-refractivity contribution in [2.75, 3.05) is 12.3 Å². The van der Waals surface area contributed by atoms with Crippen LogP contribution in [0.1, 0.15) is 49.4 Å². The zero-order chi connectivity index (χ0) is 19.7. The summed E-state index contributed by atoms with van der Waals surface area (Å²) in [6, 6.07) is 10.0. The van der Waals surface area contributed by atoms with Crippen molar-refractivity contribution < 1.29 is 9.53 Å². The van der Waals surface area contributed by atoms with Crippen molar-refractivity contribution in [1.29, 1.82) is 5.26 Å². The van der Waals surface area contributed by atoms with Gasteiger partial charge in [-0.25, -0.2) is 4.98 Å². The van der Waals surface area contributed by atoms with Crippen LogP contribution in [0.2, 0.25) is 0 Å². The summed E-state index contributed by atoms with van der Waals surface area (Å²) >= 11 is 0. The van der Waals surface area contributed by atoms with Gasteiger partial charge in [-0.2, -0.15) is 5.26 Å². The van der Waals surface area contributed by atoms with Crippen molar-refractivity contribution in [3.8, 4) is 22.9 Å². The second kappa shape index (κ2) is 7.51. The standard InChI is InChI=1S/C22H24N4O2/c1-14(27)26-11-10-19-18(13-26)21(17(12-23)22(24)25-19)16-8-4-5-9-20(16)28-15-6-2-3-7-15/h4-5,8-9,15H,2-3,6-7,10-11,13H2,1H3,(H2,24,25). The molecule has 1 aromatic heterocycles. The molecular weight excluding hydrogens is 352 g/mol. The lowest BCUT2D eigenvalue weighted by Crippen LogP contribution is -2.35. The lowest BCUT2D eigenvalue weighted by atomic mass is 9.90. The molecule has 1 fully saturated rings. The van der Waals surface area contributed by atoms with Gasteiger partial charge < -0.3 is 15.4 Å². The number of rotatable bonds is 3. The van der Waals surface area contributed by atoms with E-state index < -0.39 is 0 Å². The van der Waals surface area contributed by atoms with Crippen LogP contribution in [0.5, 0.6) is 5.75 Å². The van der Waals surface area contributed by atoms with Crippen LogP contribution in [-0.2, 0) is 17.8 Å². The van der Waals surface area contributed by atoms with E-state index in [0.717, 1.165) is 41.0 Å². The minimum atomic E-state index is 0.0161. The molecular formula is C22H24N4O2. The summed E-state index contributed by atoms with van der Waals surface area (Å²) in [5.41, 5.74) is 9.86. The molecule has 144 valence electrons. The molecule has 1 aliphatic carbocycles. The van der Waals surface area contributed by atoms with Gasteiger partial charge in [0.2, 0.25) is 5.91 Å². The van der Waals surface area contributed by atoms with E-state index in [1.54, 1.807) is 11.8 Å². The number of carbonyl (C=O) groups is 1. The molecule has 1 aromatic carbocycles. The highest BCUT2D eigenvalue weighted by molar-refractivity contribution is 5.83. The number of nitrogens with two attached hydrogens (primary N) is 1. The van der Waals surface area contributed by atoms with Gasteiger partial charge >= 0.3 is 0 Å². The summed E-state index contributed by atoms with van der Waals surface area (Å²) in [4.78, 5) is 18.2. The van der Waals surface area contributed by atoms with Crippen LogP contribution in [0, 0.1) is 11.3 Å². The van der Waals surface area contributed by atoms with Gasteiger partial charge in [0.1, 0.15) is 23.2 Å². The van der Waals surface area contributed by atoms with Gasteiger partial charge in [-0.15, -0.1) is 0 Å². The quantitative estimate of drug-likeness (QED) is 0.886. The van der Waals surface area contributed by atoms with Crippen LogP contribution in [0.4, 0.5) is 5.82 Å². The fourth-order valence-corrected chi connectivity index (χ4v) is 4.22. The highest BCUT2D eigenvalue weighted by atomic mass is 16.5. The molecule has 1 aliphatic heterocycles. The van der Waals surface area contributed by atoms with E-state index in [1.165, 1.54) is 12.8 Å². The third kappa shape index (κ3) is 3.29. The Kier molecular flexibility index (Phi) is 4.91. The van der Waals surface area contributed by atoms with Crippen molar-refractivity contribution >= 4 is 11.7 Å². The van der Waals surface area contributed by atoms with Gasteiger partial charge in [0.15, 0.2) is 0 Å². The van der Waals surface area contributed by atoms with Gasteiger partial charge in [0, 0.05) is 43.1 Å². The summed E-state index contributed by atoms with van der Waals surface area (Å²) in [6.07, 6.45) is 5.30. The first-order valence-electron chi connectivity index (χ1n) is 9.81. The third-order valence-corrected chi connectivity index (χ3v) is 5.69. The van der Waals surface area contributed by atoms with Gasteiger partial charge in [-0.3, -0.25) is 4.79 Å². The van der Waals surface area contributed by atoms with E-state index in [2.05, 4.69) is 11.1 Å². The first-order valence-corrected chi connectivity index (χ1v) is 9.81. The molecule has 1 amide bonds. The predicted octanol–water partition coefficient (Wildman–Crippen LogP) is 3.43. The third-order valence-electron chi connectivity index (χ3n) is 5.69. The average Bonchev–Trinajstić information content (AvgIpc) is 3.20. The number of nitrogen functional groups attached to an aromatic ring is 1. The average molecular weight is 376 g/mol. The maximum atomic E-state index is 12.0. The number of hydrogen-bond donors (Lipinski definition) is 1. The SMILES string of the molecule is CC(=O)N1CCc2nc(N)c(C#N)c(-c3ccccc3OC3CCCC3)c2C1. The highest BCUT2D eigenvalue weighted by Gasteiger charge is 2.28. The number of aromatic nitrogens is 1. The summed E-state index contributed by atoms with van der Waals surface area (Å²) in [5, 5.41) is 9.82. The van der Waals surface area contributed by atoms with E-state index in [-0.39, 0.29) is 17.8 Å². The molecule has 0 bridgehead atoms. The molecule has 28 heavy (non-hydrogen) atoms. The Balaban J connectivity index is 1.87. The number of carbonyl (C=O) groups excluding carboxylic acids is 1. The molecule has 6 nitrogen and oxygen atoms in total. The van der Waals surface area contributed by atoms with Crippen molar-refractivity contribution in [3.63, 3.8) is 0 Å². The maximum absolute atomic E-state index is 12.0. The smallest absolute Gasteiger partial charge is 0.219 e. The Morgan fingerprint density at radius 3 is 2.79 bits per heavy atom. The number of nitrogens with zero attached hydrogens (tertiary/aromatic N) is 3. The normalized spacial score (nSPS) is 16.5. The van der Waals surface area contributed by atoms with Crippen molar-refractivity contribution in [2.24, 2.45) is 0 Å². The second-order valence-corrected chi connectivity index (χ2v) is 7.50. The zero-order valence-corrected chi connectivity index (χ0v) is 16.1. The minimum Gasteiger partial charge on any atom is -0.490 e. The molecule has 0 radical (unpaired) electrons. The Morgan fingerprint density at radius 2 is 2.07 bits per heavy atom. The summed E-state index contributed by atoms with van der Waals surface area (Å²) in [7, 11) is 0. The summed E-state index contributed by atoms with van der Waals surface area (Å²) < 4.78 is 6.31. The maximum Gasteiger partial charge on any atom is 0.219 e. The van der Waals surface area contributed by atoms with E-state index >= 15 is 0 Å². The number of benzene rings is 1. The zero-order valence-electron chi connectivity index (χ0n) is 16.1. The Labute approximate surface area is 164 Å². The number of nitriles is 1. The fraction of sp³-hybridized carbons (Fsp3) is 0.409. The first kappa shape index (κ1) is 18.3. The number of ether oxygens (including phenoxy) is 1. The molecule has 2 heterocycles. The molecule has 6 heteroatoms. The van der Waals surface area contributed by atoms with Crippen LogP contribution >= 0.6 is 0 Å². The number of amides is 1. The van der Waals surface area contributed by atoms with Crippen LogP contribution < -0.4 is 10.5 Å². The molecule has 0 spiro atoms. The van der Waals surface area contributed by atoms with Crippen LogP contribution in [0.25, 0.3) is 11.1 Å². The molecule has 0 saturated heterocycles. The van der Waals surface area contributed by atoms with Crippen molar-refractivity contribution in [2.45, 2.75) is 51.7 Å². The summed E-state index contributed by atoms with van der Waals surface area (Å²) in [6.45, 7) is 2.61. The molecule has 1 saturated carbocycles. The molecule has 0 atom stereocenters. The van der Waals surface area contributed by atoms with Crippen LogP contribution in [0.3, 0.4) is 0 Å². The van der Waals surface area contributed by atoms with Crippen LogP contribution in [-0.4, -0.2) is 28.4 Å². The van der Waals surface area contributed by atoms with Crippen molar-refractivity contribution in [3.05, 3.63) is 41.1 Å². The Bertz CT molecular complexity index is 958. The van der Waals surface area contributed by atoms with Crippen LogP contribution in [0.15, 0.2) is 24.3 Å². The minimum absolute atomic E-state index is 0.0161. The molecule has 2 N–H and O–H groups in total. The van der Waals surface area contributed by atoms with Gasteiger partial charge in [-0.05, 0) is 31.7 Å². The predicted molar refractivity (Wildman–Crippen MR) is 106 cm³/mol. The second-order valence-electron chi connectivity index (χ2n) is 7.50. The van der Waals surface area contributed by atoms with E-state index in [4.69, 9.17) is 10.5 Å². The number of fused-ring (bicyclic) bond motifs is 1. The van der Waals surface area contributed by atoms with Gasteiger partial charge in [-0.1, -0.05) is 18.2 Å². The Morgan fingerprint density at radius 1 is 1.32 bits per heavy atom. The monoisotopic (exact) mass is 376 g/mol. The van der Waals surface area contributed by atoms with Gasteiger partial charge in [0.05, 0.1) is 11.8 Å². The lowest BCUT2D eigenvalue weighted by molar-refractivity contribution is -0.129. The van der Waals surface area contributed by atoms with E-state index in [1.807, 2.05) is 24.3 Å². The molecule has 4 rings (SSSR count). The topological polar surface area (TPSA) is 92.2 Å². The summed E-state index contributed by atoms with van der Waals surface area (Å²) in [5.74, 6) is 1.02. The fourth-order valence-electron chi connectivity index (χ4n) is 4.22. The van der Waals surface area contributed by atoms with Crippen molar-refractivity contribution in [1.82, 2.24) is 9.88 Å². The van der Waals surface area contributed by atoms with E-state index in [0.29, 0.717) is 25.1 Å². The largest absolute Gasteiger partial charge is 0.490 e. The molecule has 0 unspecified atom stereocenters. The van der Waals surface area contributed by atoms with Gasteiger partial charge in [0.25, 0.3) is 0 Å². The van der Waals surface area contributed by atoms with E-state index in [9.17, 15) is 10.1 Å². The Hall–Kier alpha value is -3.07. The molecule has 2 aromatic rings. The number of anilines is 1. The number of pyridine rings is 1. The first-order chi connectivity index (χ1) is 13.6. The number of hydrogen-bond acceptors (Lipinski definition) is 5. The number of para-hydroxylation sites is 1. The lowest BCUT2D eigenvalue weighted by Gasteiger charge is -2.30. The molecule has 2 aliphatic rings.